The number of fused-ring (bicyclic) bond motifs is 3. The average Bonchev–Trinajstić information content (AvgIpc) is 2.76. The zero-order valence-electron chi connectivity index (χ0n) is 13.9. The second-order valence-electron chi connectivity index (χ2n) is 5.85. The first-order valence-electron chi connectivity index (χ1n) is 8.02. The van der Waals surface area contributed by atoms with E-state index in [1.54, 1.807) is 42.5 Å². The highest BCUT2D eigenvalue weighted by atomic mass is 35.5. The summed E-state index contributed by atoms with van der Waals surface area (Å²) in [7, 11) is 1.49. The van der Waals surface area contributed by atoms with Crippen LogP contribution in [0.3, 0.4) is 0 Å². The summed E-state index contributed by atoms with van der Waals surface area (Å²) in [5.41, 5.74) is -0.508. The molecule has 0 aliphatic carbocycles. The van der Waals surface area contributed by atoms with E-state index in [1.165, 1.54) is 7.11 Å². The lowest BCUT2D eigenvalue weighted by Gasteiger charge is -2.09. The molecule has 1 aromatic heterocycles. The van der Waals surface area contributed by atoms with Gasteiger partial charge in [-0.1, -0.05) is 48.0 Å². The lowest BCUT2D eigenvalue weighted by Crippen LogP contribution is -2.28. The lowest BCUT2D eigenvalue weighted by molar-refractivity contribution is 0.412. The molecule has 4 nitrogen and oxygen atoms in total. The Morgan fingerprint density at radius 1 is 0.769 bits per heavy atom. The van der Waals surface area contributed by atoms with Crippen molar-refractivity contribution in [3.63, 3.8) is 0 Å². The van der Waals surface area contributed by atoms with E-state index in [0.29, 0.717) is 27.2 Å². The van der Waals surface area contributed by atoms with Crippen molar-refractivity contribution in [2.75, 3.05) is 7.11 Å². The SMILES string of the molecule is COc1ccc(Cl)cc1-n1c(=O)c2ccccc2c2ccccc2c1=O. The van der Waals surface area contributed by atoms with Crippen LogP contribution in [0.4, 0.5) is 0 Å². The molecule has 0 fully saturated rings. The maximum Gasteiger partial charge on any atom is 0.266 e. The van der Waals surface area contributed by atoms with E-state index < -0.39 is 11.1 Å². The summed E-state index contributed by atoms with van der Waals surface area (Å²) < 4.78 is 6.50. The van der Waals surface area contributed by atoms with Gasteiger partial charge >= 0.3 is 0 Å². The second kappa shape index (κ2) is 6.32. The van der Waals surface area contributed by atoms with Gasteiger partial charge < -0.3 is 4.74 Å². The van der Waals surface area contributed by atoms with Crippen LogP contribution in [-0.2, 0) is 0 Å². The van der Waals surface area contributed by atoms with Crippen LogP contribution in [-0.4, -0.2) is 11.7 Å². The van der Waals surface area contributed by atoms with E-state index in [2.05, 4.69) is 0 Å². The molecule has 0 unspecified atom stereocenters. The van der Waals surface area contributed by atoms with Gasteiger partial charge in [0.25, 0.3) is 11.1 Å². The molecule has 0 amide bonds. The van der Waals surface area contributed by atoms with Crippen molar-refractivity contribution in [1.82, 2.24) is 4.57 Å². The molecule has 26 heavy (non-hydrogen) atoms. The first-order valence-corrected chi connectivity index (χ1v) is 8.40. The van der Waals surface area contributed by atoms with E-state index in [0.717, 1.165) is 15.3 Å². The lowest BCUT2D eigenvalue weighted by atomic mass is 10.1. The van der Waals surface area contributed by atoms with E-state index in [1.807, 2.05) is 24.3 Å². The number of aromatic nitrogens is 1. The van der Waals surface area contributed by atoms with Crippen LogP contribution in [0.25, 0.3) is 27.2 Å². The first kappa shape index (κ1) is 16.4. The van der Waals surface area contributed by atoms with Crippen LogP contribution in [0.5, 0.6) is 5.75 Å². The summed E-state index contributed by atoms with van der Waals surface area (Å²) in [6.07, 6.45) is 0. The predicted octanol–water partition coefficient (Wildman–Crippen LogP) is 4.17. The van der Waals surface area contributed by atoms with Gasteiger partial charge in [0, 0.05) is 15.8 Å². The van der Waals surface area contributed by atoms with E-state index in [9.17, 15) is 9.59 Å². The molecule has 4 rings (SSSR count). The summed E-state index contributed by atoms with van der Waals surface area (Å²) >= 11 is 6.12. The molecule has 0 aliphatic rings. The zero-order valence-corrected chi connectivity index (χ0v) is 14.7. The van der Waals surface area contributed by atoms with Gasteiger partial charge in [-0.25, -0.2) is 4.57 Å². The smallest absolute Gasteiger partial charge is 0.266 e. The molecule has 3 aromatic carbocycles. The average molecular weight is 364 g/mol. The van der Waals surface area contributed by atoms with Crippen molar-refractivity contribution >= 4 is 33.1 Å². The monoisotopic (exact) mass is 363 g/mol. The Bertz CT molecular complexity index is 1210. The minimum Gasteiger partial charge on any atom is -0.495 e. The summed E-state index contributed by atoms with van der Waals surface area (Å²) in [5, 5.41) is 2.77. The number of halogens is 1. The summed E-state index contributed by atoms with van der Waals surface area (Å²) in [6, 6.07) is 19.2. The highest BCUT2D eigenvalue weighted by Crippen LogP contribution is 2.26. The fraction of sp³-hybridized carbons (Fsp3) is 0.0476. The molecule has 5 heteroatoms. The fourth-order valence-electron chi connectivity index (χ4n) is 3.20. The van der Waals surface area contributed by atoms with Crippen LogP contribution in [0.2, 0.25) is 5.02 Å². The van der Waals surface area contributed by atoms with E-state index in [4.69, 9.17) is 16.3 Å². The number of hydrogen-bond donors (Lipinski definition) is 0. The number of benzene rings is 3. The third-order valence-electron chi connectivity index (χ3n) is 4.39. The highest BCUT2D eigenvalue weighted by Gasteiger charge is 2.15. The van der Waals surface area contributed by atoms with Gasteiger partial charge in [0.15, 0.2) is 0 Å². The molecule has 0 bridgehead atoms. The molecule has 0 spiro atoms. The largest absolute Gasteiger partial charge is 0.495 e. The van der Waals surface area contributed by atoms with Crippen LogP contribution < -0.4 is 15.9 Å². The van der Waals surface area contributed by atoms with Crippen molar-refractivity contribution in [3.8, 4) is 11.4 Å². The van der Waals surface area contributed by atoms with Gasteiger partial charge in [-0.05, 0) is 41.1 Å². The highest BCUT2D eigenvalue weighted by molar-refractivity contribution is 6.30. The molecular weight excluding hydrogens is 350 g/mol. The fourth-order valence-corrected chi connectivity index (χ4v) is 3.37. The molecule has 0 saturated heterocycles. The molecule has 0 saturated carbocycles. The maximum atomic E-state index is 13.3. The van der Waals surface area contributed by atoms with Crippen LogP contribution in [0, 0.1) is 0 Å². The zero-order chi connectivity index (χ0) is 18.3. The van der Waals surface area contributed by atoms with Crippen molar-refractivity contribution < 1.29 is 4.74 Å². The number of nitrogens with zero attached hydrogens (tertiary/aromatic N) is 1. The van der Waals surface area contributed by atoms with Gasteiger partial charge in [0.2, 0.25) is 0 Å². The number of hydrogen-bond acceptors (Lipinski definition) is 3. The third kappa shape index (κ3) is 2.47. The molecule has 128 valence electrons. The Morgan fingerprint density at radius 3 is 1.77 bits per heavy atom. The van der Waals surface area contributed by atoms with E-state index in [-0.39, 0.29) is 0 Å². The summed E-state index contributed by atoms with van der Waals surface area (Å²) in [4.78, 5) is 26.6. The van der Waals surface area contributed by atoms with Gasteiger partial charge in [-0.2, -0.15) is 0 Å². The Labute approximate surface area is 153 Å². The number of rotatable bonds is 2. The van der Waals surface area contributed by atoms with Crippen molar-refractivity contribution in [2.45, 2.75) is 0 Å². The Kier molecular flexibility index (Phi) is 3.98. The summed E-state index contributed by atoms with van der Waals surface area (Å²) in [6.45, 7) is 0. The van der Waals surface area contributed by atoms with Gasteiger partial charge in [-0.15, -0.1) is 0 Å². The molecule has 0 aliphatic heterocycles. The first-order chi connectivity index (χ1) is 12.6. The number of methoxy groups -OCH3 is 1. The Hall–Kier alpha value is -3.11. The van der Waals surface area contributed by atoms with Gasteiger partial charge in [-0.3, -0.25) is 9.59 Å². The maximum absolute atomic E-state index is 13.3. The quantitative estimate of drug-likeness (QED) is 0.537. The van der Waals surface area contributed by atoms with Gasteiger partial charge in [0.1, 0.15) is 5.75 Å². The molecule has 1 heterocycles. The van der Waals surface area contributed by atoms with Crippen molar-refractivity contribution in [3.05, 3.63) is 92.5 Å². The molecule has 0 N–H and O–H groups in total. The minimum absolute atomic E-state index is 0.321. The number of ether oxygens (including phenoxy) is 1. The van der Waals surface area contributed by atoms with E-state index >= 15 is 0 Å². The Balaban J connectivity index is 2.34. The molecular formula is C21H14ClNO3. The molecule has 0 atom stereocenters. The molecule has 4 aromatic rings. The van der Waals surface area contributed by atoms with Gasteiger partial charge in [0.05, 0.1) is 12.8 Å². The van der Waals surface area contributed by atoms with Crippen molar-refractivity contribution in [2.24, 2.45) is 0 Å². The van der Waals surface area contributed by atoms with Crippen molar-refractivity contribution in [1.29, 1.82) is 0 Å². The van der Waals surface area contributed by atoms with Crippen LogP contribution in [0.1, 0.15) is 0 Å². The normalized spacial score (nSPS) is 11.0. The van der Waals surface area contributed by atoms with Crippen LogP contribution >= 0.6 is 11.6 Å². The van der Waals surface area contributed by atoms with Crippen LogP contribution in [0.15, 0.2) is 76.3 Å². The minimum atomic E-state index is -0.414. The second-order valence-corrected chi connectivity index (χ2v) is 6.29. The standard InChI is InChI=1S/C21H14ClNO3/c1-26-19-11-10-13(22)12-18(19)23-20(24)16-8-4-2-6-14(16)15-7-3-5-9-17(15)21(23)25/h2-12H,1H3. The third-order valence-corrected chi connectivity index (χ3v) is 4.63. The Morgan fingerprint density at radius 2 is 1.27 bits per heavy atom. The summed E-state index contributed by atoms with van der Waals surface area (Å²) in [5.74, 6) is 0.396. The molecule has 0 radical (unpaired) electrons. The topological polar surface area (TPSA) is 48.3 Å². The predicted molar refractivity (Wildman–Crippen MR) is 105 cm³/mol.